The largest absolute Gasteiger partial charge is 0.497 e. The molecule has 1 amide bonds. The van der Waals surface area contributed by atoms with Gasteiger partial charge in [0.1, 0.15) is 17.8 Å². The predicted octanol–water partition coefficient (Wildman–Crippen LogP) is 0.911. The fraction of sp³-hybridized carbons (Fsp3) is 0.438. The lowest BCUT2D eigenvalue weighted by Gasteiger charge is -2.23. The second-order valence-electron chi connectivity index (χ2n) is 5.50. The van der Waals surface area contributed by atoms with Crippen molar-refractivity contribution in [2.45, 2.75) is 19.0 Å². The number of carbonyl (C=O) groups excluding carboxylic acids is 1. The van der Waals surface area contributed by atoms with E-state index in [9.17, 15) is 4.79 Å². The maximum Gasteiger partial charge on any atom is 0.249 e. The molecule has 0 radical (unpaired) electrons. The lowest BCUT2D eigenvalue weighted by Crippen LogP contribution is -2.51. The third-order valence-corrected chi connectivity index (χ3v) is 3.74. The van der Waals surface area contributed by atoms with Crippen LogP contribution in [0.15, 0.2) is 28.8 Å². The van der Waals surface area contributed by atoms with Crippen LogP contribution in [-0.2, 0) is 9.53 Å². The molecule has 1 aliphatic heterocycles. The number of nitrogens with one attached hydrogen (secondary N) is 2. The van der Waals surface area contributed by atoms with Gasteiger partial charge in [-0.05, 0) is 19.1 Å². The Labute approximate surface area is 139 Å². The van der Waals surface area contributed by atoms with Crippen LogP contribution in [-0.4, -0.2) is 49.0 Å². The summed E-state index contributed by atoms with van der Waals surface area (Å²) in [6.45, 7) is 3.43. The summed E-state index contributed by atoms with van der Waals surface area (Å²) in [7, 11) is 1.60. The lowest BCUT2D eigenvalue weighted by molar-refractivity contribution is -0.126. The van der Waals surface area contributed by atoms with E-state index in [1.165, 1.54) is 0 Å². The van der Waals surface area contributed by atoms with Crippen molar-refractivity contribution in [3.8, 4) is 17.1 Å². The van der Waals surface area contributed by atoms with Crippen molar-refractivity contribution in [3.63, 3.8) is 0 Å². The minimum absolute atomic E-state index is 0.150. The van der Waals surface area contributed by atoms with Gasteiger partial charge in [-0.3, -0.25) is 4.79 Å². The maximum atomic E-state index is 12.2. The third kappa shape index (κ3) is 3.72. The van der Waals surface area contributed by atoms with E-state index in [1.807, 2.05) is 24.3 Å². The van der Waals surface area contributed by atoms with Gasteiger partial charge in [0.15, 0.2) is 0 Å². The first kappa shape index (κ1) is 16.4. The summed E-state index contributed by atoms with van der Waals surface area (Å²) in [5.74, 6) is 1.36. The highest BCUT2D eigenvalue weighted by atomic mass is 16.5. The van der Waals surface area contributed by atoms with Gasteiger partial charge in [0.2, 0.25) is 17.6 Å². The first-order valence-electron chi connectivity index (χ1n) is 7.77. The lowest BCUT2D eigenvalue weighted by atomic mass is 10.2. The minimum atomic E-state index is -0.395. The highest BCUT2D eigenvalue weighted by molar-refractivity contribution is 5.82. The third-order valence-electron chi connectivity index (χ3n) is 3.74. The number of aromatic nitrogens is 2. The number of amides is 1. The molecule has 8 nitrogen and oxygen atoms in total. The van der Waals surface area contributed by atoms with Gasteiger partial charge in [-0.15, -0.1) is 0 Å². The summed E-state index contributed by atoms with van der Waals surface area (Å²) in [6, 6.07) is 6.62. The minimum Gasteiger partial charge on any atom is -0.497 e. The molecule has 2 atom stereocenters. The summed E-state index contributed by atoms with van der Waals surface area (Å²) in [5.41, 5.74) is 0.783. The molecule has 0 aliphatic carbocycles. The number of hydrogen-bond acceptors (Lipinski definition) is 7. The topological polar surface area (TPSA) is 98.5 Å². The number of hydrogen-bond donors (Lipinski definition) is 2. The molecular weight excluding hydrogens is 312 g/mol. The number of methoxy groups -OCH3 is 1. The van der Waals surface area contributed by atoms with E-state index in [0.29, 0.717) is 37.2 Å². The van der Waals surface area contributed by atoms with Gasteiger partial charge >= 0.3 is 0 Å². The average molecular weight is 332 g/mol. The molecule has 1 saturated heterocycles. The second-order valence-corrected chi connectivity index (χ2v) is 5.50. The molecule has 2 unspecified atom stereocenters. The van der Waals surface area contributed by atoms with Crippen molar-refractivity contribution in [3.05, 3.63) is 30.2 Å². The summed E-state index contributed by atoms with van der Waals surface area (Å²) in [5, 5.41) is 9.92. The molecule has 1 aromatic heterocycles. The Hall–Kier alpha value is -2.45. The van der Waals surface area contributed by atoms with Crippen LogP contribution in [0.2, 0.25) is 0 Å². The fourth-order valence-electron chi connectivity index (χ4n) is 2.40. The Morgan fingerprint density at radius 3 is 3.12 bits per heavy atom. The first-order chi connectivity index (χ1) is 11.7. The second kappa shape index (κ2) is 7.41. The Morgan fingerprint density at radius 2 is 2.38 bits per heavy atom. The van der Waals surface area contributed by atoms with Crippen molar-refractivity contribution in [1.29, 1.82) is 0 Å². The van der Waals surface area contributed by atoms with Gasteiger partial charge < -0.3 is 24.6 Å². The highest BCUT2D eigenvalue weighted by Gasteiger charge is 2.24. The number of rotatable bonds is 5. The molecule has 2 N–H and O–H groups in total. The van der Waals surface area contributed by atoms with Crippen molar-refractivity contribution in [1.82, 2.24) is 20.8 Å². The van der Waals surface area contributed by atoms with Crippen LogP contribution in [0.25, 0.3) is 11.4 Å². The molecule has 128 valence electrons. The normalized spacial score (nSPS) is 18.8. The van der Waals surface area contributed by atoms with E-state index in [1.54, 1.807) is 14.0 Å². The number of morpholine rings is 1. The van der Waals surface area contributed by atoms with Crippen LogP contribution in [0.3, 0.4) is 0 Å². The smallest absolute Gasteiger partial charge is 0.249 e. The van der Waals surface area contributed by atoms with Gasteiger partial charge in [-0.1, -0.05) is 17.3 Å². The van der Waals surface area contributed by atoms with Crippen LogP contribution < -0.4 is 15.4 Å². The Kier molecular flexibility index (Phi) is 5.07. The zero-order valence-electron chi connectivity index (χ0n) is 13.6. The van der Waals surface area contributed by atoms with Gasteiger partial charge in [-0.2, -0.15) is 4.98 Å². The Morgan fingerprint density at radius 1 is 1.50 bits per heavy atom. The van der Waals surface area contributed by atoms with Crippen LogP contribution in [0.1, 0.15) is 18.9 Å². The Bertz CT molecular complexity index is 697. The molecule has 2 heterocycles. The predicted molar refractivity (Wildman–Crippen MR) is 85.5 cm³/mol. The molecule has 1 fully saturated rings. The van der Waals surface area contributed by atoms with E-state index < -0.39 is 6.04 Å². The van der Waals surface area contributed by atoms with E-state index in [2.05, 4.69) is 20.8 Å². The van der Waals surface area contributed by atoms with Gasteiger partial charge in [0.25, 0.3) is 0 Å². The van der Waals surface area contributed by atoms with E-state index in [-0.39, 0.29) is 11.9 Å². The zero-order chi connectivity index (χ0) is 16.9. The Balaban J connectivity index is 1.66. The number of carbonyl (C=O) groups is 1. The summed E-state index contributed by atoms with van der Waals surface area (Å²) < 4.78 is 15.8. The molecule has 24 heavy (non-hydrogen) atoms. The first-order valence-corrected chi connectivity index (χ1v) is 7.77. The van der Waals surface area contributed by atoms with E-state index >= 15 is 0 Å². The molecule has 1 aliphatic rings. The van der Waals surface area contributed by atoms with E-state index in [0.717, 1.165) is 5.56 Å². The number of nitrogens with zero attached hydrogens (tertiary/aromatic N) is 2. The van der Waals surface area contributed by atoms with Crippen molar-refractivity contribution >= 4 is 5.91 Å². The molecular formula is C16H20N4O4. The standard InChI is InChI=1S/C16H20N4O4/c1-10(18-15(21)13-9-23-7-6-17-13)16-19-14(20-24-16)11-4-3-5-12(8-11)22-2/h3-5,8,10,13,17H,6-7,9H2,1-2H3,(H,18,21). The molecule has 0 bridgehead atoms. The molecule has 3 rings (SSSR count). The monoisotopic (exact) mass is 332 g/mol. The molecule has 0 spiro atoms. The van der Waals surface area contributed by atoms with Crippen LogP contribution >= 0.6 is 0 Å². The number of benzene rings is 1. The summed E-state index contributed by atoms with van der Waals surface area (Å²) >= 11 is 0. The quantitative estimate of drug-likeness (QED) is 0.839. The van der Waals surface area contributed by atoms with Gasteiger partial charge in [0, 0.05) is 12.1 Å². The number of ether oxygens (including phenoxy) is 2. The highest BCUT2D eigenvalue weighted by Crippen LogP contribution is 2.22. The maximum absolute atomic E-state index is 12.2. The summed E-state index contributed by atoms with van der Waals surface area (Å²) in [6.07, 6.45) is 0. The summed E-state index contributed by atoms with van der Waals surface area (Å²) in [4.78, 5) is 16.5. The van der Waals surface area contributed by atoms with Crippen molar-refractivity contribution < 1.29 is 18.8 Å². The van der Waals surface area contributed by atoms with Gasteiger partial charge in [0.05, 0.1) is 20.3 Å². The fourth-order valence-corrected chi connectivity index (χ4v) is 2.40. The van der Waals surface area contributed by atoms with Crippen LogP contribution in [0.4, 0.5) is 0 Å². The average Bonchev–Trinajstić information content (AvgIpc) is 3.13. The van der Waals surface area contributed by atoms with E-state index in [4.69, 9.17) is 14.0 Å². The van der Waals surface area contributed by atoms with Crippen LogP contribution in [0.5, 0.6) is 5.75 Å². The van der Waals surface area contributed by atoms with Crippen molar-refractivity contribution in [2.75, 3.05) is 26.9 Å². The van der Waals surface area contributed by atoms with Gasteiger partial charge in [-0.25, -0.2) is 0 Å². The van der Waals surface area contributed by atoms with Crippen LogP contribution in [0, 0.1) is 0 Å². The van der Waals surface area contributed by atoms with Crippen molar-refractivity contribution in [2.24, 2.45) is 0 Å². The SMILES string of the molecule is COc1cccc(-c2noc(C(C)NC(=O)C3COCCN3)n2)c1. The molecule has 1 aromatic carbocycles. The molecule has 2 aromatic rings. The molecule has 0 saturated carbocycles. The molecule has 8 heteroatoms. The zero-order valence-corrected chi connectivity index (χ0v) is 13.6.